The highest BCUT2D eigenvalue weighted by Crippen LogP contribution is 2.13. The van der Waals surface area contributed by atoms with Gasteiger partial charge in [0, 0.05) is 18.0 Å². The van der Waals surface area contributed by atoms with Crippen molar-refractivity contribution in [3.8, 4) is 0 Å². The van der Waals surface area contributed by atoms with Gasteiger partial charge in [-0.2, -0.15) is 0 Å². The highest BCUT2D eigenvalue weighted by atomic mass is 19.1. The van der Waals surface area contributed by atoms with Crippen LogP contribution in [0.4, 0.5) is 10.1 Å². The summed E-state index contributed by atoms with van der Waals surface area (Å²) < 4.78 is 13.0. The maximum atomic E-state index is 13.0. The number of nitrogens with one attached hydrogen (secondary N) is 1. The van der Waals surface area contributed by atoms with E-state index in [0.29, 0.717) is 11.3 Å². The van der Waals surface area contributed by atoms with Crippen molar-refractivity contribution < 1.29 is 14.3 Å². The number of hydrogen-bond acceptors (Lipinski definition) is 2. The van der Waals surface area contributed by atoms with Gasteiger partial charge in [-0.1, -0.05) is 6.07 Å². The molecule has 0 atom stereocenters. The summed E-state index contributed by atoms with van der Waals surface area (Å²) in [5.41, 5.74) is 1.07. The summed E-state index contributed by atoms with van der Waals surface area (Å²) in [6.07, 6.45) is 2.18. The van der Waals surface area contributed by atoms with Crippen molar-refractivity contribution in [1.82, 2.24) is 0 Å². The van der Waals surface area contributed by atoms with Crippen molar-refractivity contribution in [2.24, 2.45) is 0 Å². The van der Waals surface area contributed by atoms with E-state index in [0.717, 1.165) is 6.08 Å². The average Bonchev–Trinajstić information content (AvgIpc) is 2.10. The van der Waals surface area contributed by atoms with Crippen molar-refractivity contribution in [2.75, 3.05) is 5.32 Å². The third kappa shape index (κ3) is 2.90. The second-order valence-corrected chi connectivity index (χ2v) is 2.78. The van der Waals surface area contributed by atoms with Gasteiger partial charge in [-0.15, -0.1) is 0 Å². The minimum absolute atomic E-state index is 0.321. The van der Waals surface area contributed by atoms with E-state index < -0.39 is 5.97 Å². The Balaban J connectivity index is 2.69. The van der Waals surface area contributed by atoms with Crippen molar-refractivity contribution in [3.05, 3.63) is 41.9 Å². The predicted molar refractivity (Wildman–Crippen MR) is 51.5 cm³/mol. The van der Waals surface area contributed by atoms with E-state index in [1.54, 1.807) is 19.1 Å². The summed E-state index contributed by atoms with van der Waals surface area (Å²) in [4.78, 5) is 10.1. The molecule has 0 saturated heterocycles. The number of benzene rings is 1. The Bertz CT molecular complexity index is 374. The van der Waals surface area contributed by atoms with Crippen LogP contribution < -0.4 is 5.32 Å². The van der Waals surface area contributed by atoms with Crippen LogP contribution in [0.25, 0.3) is 0 Å². The molecular formula is C10H10FNO2. The van der Waals surface area contributed by atoms with Crippen molar-refractivity contribution in [1.29, 1.82) is 0 Å². The molecule has 1 aromatic rings. The van der Waals surface area contributed by atoms with Crippen LogP contribution in [-0.4, -0.2) is 11.1 Å². The lowest BCUT2D eigenvalue weighted by Gasteiger charge is -2.01. The fourth-order valence-corrected chi connectivity index (χ4v) is 0.892. The molecule has 0 aromatic heterocycles. The number of rotatable bonds is 3. The lowest BCUT2D eigenvalue weighted by Crippen LogP contribution is -1.93. The minimum Gasteiger partial charge on any atom is -0.478 e. The third-order valence-electron chi connectivity index (χ3n) is 1.65. The first-order chi connectivity index (χ1) is 6.59. The Hall–Kier alpha value is -1.84. The maximum Gasteiger partial charge on any atom is 0.329 e. The average molecular weight is 195 g/mol. The van der Waals surface area contributed by atoms with Crippen LogP contribution in [0.5, 0.6) is 0 Å². The summed E-state index contributed by atoms with van der Waals surface area (Å²) in [5, 5.41) is 10.9. The molecule has 0 fully saturated rings. The molecule has 0 amide bonds. The largest absolute Gasteiger partial charge is 0.478 e. The zero-order valence-electron chi connectivity index (χ0n) is 7.62. The maximum absolute atomic E-state index is 13.0. The molecule has 2 N–H and O–H groups in total. The number of aryl methyl sites for hydroxylation is 1. The fraction of sp³-hybridized carbons (Fsp3) is 0.100. The van der Waals surface area contributed by atoms with Crippen LogP contribution in [0.15, 0.2) is 30.5 Å². The smallest absolute Gasteiger partial charge is 0.329 e. The van der Waals surface area contributed by atoms with Gasteiger partial charge in [0.1, 0.15) is 5.82 Å². The predicted octanol–water partition coefficient (Wildman–Crippen LogP) is 2.14. The van der Waals surface area contributed by atoms with E-state index in [9.17, 15) is 9.18 Å². The summed E-state index contributed by atoms with van der Waals surface area (Å²) >= 11 is 0. The molecule has 0 radical (unpaired) electrons. The Morgan fingerprint density at radius 1 is 1.57 bits per heavy atom. The summed E-state index contributed by atoms with van der Waals surface area (Å²) in [7, 11) is 0. The summed E-state index contributed by atoms with van der Waals surface area (Å²) in [5.74, 6) is -1.37. The molecule has 0 unspecified atom stereocenters. The highest BCUT2D eigenvalue weighted by molar-refractivity contribution is 5.80. The fourth-order valence-electron chi connectivity index (χ4n) is 0.892. The van der Waals surface area contributed by atoms with Crippen LogP contribution in [-0.2, 0) is 4.79 Å². The Morgan fingerprint density at radius 3 is 2.86 bits per heavy atom. The van der Waals surface area contributed by atoms with E-state index >= 15 is 0 Å². The normalized spacial score (nSPS) is 10.4. The molecule has 1 rings (SSSR count). The Kier molecular flexibility index (Phi) is 3.23. The molecule has 0 saturated carbocycles. The monoisotopic (exact) mass is 195 g/mol. The quantitative estimate of drug-likeness (QED) is 0.726. The Labute approximate surface area is 80.9 Å². The van der Waals surface area contributed by atoms with Crippen LogP contribution >= 0.6 is 0 Å². The summed E-state index contributed by atoms with van der Waals surface area (Å²) in [6, 6.07) is 4.60. The number of carboxylic acid groups (broad SMARTS) is 1. The molecule has 0 heterocycles. The number of aliphatic carboxylic acids is 1. The molecule has 0 aliphatic rings. The first-order valence-corrected chi connectivity index (χ1v) is 4.02. The Morgan fingerprint density at radius 2 is 2.29 bits per heavy atom. The number of carboxylic acids is 1. The van der Waals surface area contributed by atoms with Crippen molar-refractivity contribution in [2.45, 2.75) is 6.92 Å². The van der Waals surface area contributed by atoms with Gasteiger partial charge in [0.05, 0.1) is 0 Å². The molecule has 0 aliphatic carbocycles. The van der Waals surface area contributed by atoms with Gasteiger partial charge in [0.2, 0.25) is 0 Å². The van der Waals surface area contributed by atoms with Gasteiger partial charge in [-0.3, -0.25) is 0 Å². The van der Waals surface area contributed by atoms with E-state index in [2.05, 4.69) is 5.32 Å². The molecule has 0 bridgehead atoms. The third-order valence-corrected chi connectivity index (χ3v) is 1.65. The molecule has 0 spiro atoms. The zero-order valence-corrected chi connectivity index (χ0v) is 7.62. The van der Waals surface area contributed by atoms with Gasteiger partial charge < -0.3 is 10.4 Å². The lowest BCUT2D eigenvalue weighted by atomic mass is 10.2. The van der Waals surface area contributed by atoms with E-state index in [4.69, 9.17) is 5.11 Å². The molecule has 14 heavy (non-hydrogen) atoms. The highest BCUT2D eigenvalue weighted by Gasteiger charge is 1.97. The van der Waals surface area contributed by atoms with E-state index in [1.807, 2.05) is 0 Å². The number of anilines is 1. The SMILES string of the molecule is Cc1ccc(N/C=C/C(=O)O)cc1F. The first-order valence-electron chi connectivity index (χ1n) is 4.02. The molecule has 3 nitrogen and oxygen atoms in total. The van der Waals surface area contributed by atoms with Crippen LogP contribution in [0.2, 0.25) is 0 Å². The lowest BCUT2D eigenvalue weighted by molar-refractivity contribution is -0.131. The molecule has 74 valence electrons. The van der Waals surface area contributed by atoms with Crippen LogP contribution in [0, 0.1) is 12.7 Å². The van der Waals surface area contributed by atoms with Gasteiger partial charge in [0.25, 0.3) is 0 Å². The molecule has 0 aliphatic heterocycles. The second-order valence-electron chi connectivity index (χ2n) is 2.78. The van der Waals surface area contributed by atoms with Gasteiger partial charge >= 0.3 is 5.97 Å². The summed E-state index contributed by atoms with van der Waals surface area (Å²) in [6.45, 7) is 1.66. The van der Waals surface area contributed by atoms with Crippen molar-refractivity contribution >= 4 is 11.7 Å². The topological polar surface area (TPSA) is 49.3 Å². The number of carbonyl (C=O) groups is 1. The molecule has 4 heteroatoms. The van der Waals surface area contributed by atoms with Gasteiger partial charge in [-0.25, -0.2) is 9.18 Å². The van der Waals surface area contributed by atoms with E-state index in [1.165, 1.54) is 12.3 Å². The minimum atomic E-state index is -1.05. The molecular weight excluding hydrogens is 185 g/mol. The first kappa shape index (κ1) is 10.2. The van der Waals surface area contributed by atoms with Crippen LogP contribution in [0.3, 0.4) is 0 Å². The number of halogens is 1. The number of hydrogen-bond donors (Lipinski definition) is 2. The van der Waals surface area contributed by atoms with Crippen molar-refractivity contribution in [3.63, 3.8) is 0 Å². The second kappa shape index (κ2) is 4.41. The zero-order chi connectivity index (χ0) is 10.6. The van der Waals surface area contributed by atoms with Gasteiger partial charge in [-0.05, 0) is 24.6 Å². The van der Waals surface area contributed by atoms with Gasteiger partial charge in [0.15, 0.2) is 0 Å². The standard InChI is InChI=1S/C10H10FNO2/c1-7-2-3-8(6-9(7)11)12-5-4-10(13)14/h2-6,12H,1H3,(H,13,14)/b5-4+. The van der Waals surface area contributed by atoms with E-state index in [-0.39, 0.29) is 5.82 Å². The molecule has 1 aromatic carbocycles. The van der Waals surface area contributed by atoms with Crippen LogP contribution in [0.1, 0.15) is 5.56 Å².